The van der Waals surface area contributed by atoms with E-state index in [0.29, 0.717) is 76.2 Å². The molecule has 10 heteroatoms. The van der Waals surface area contributed by atoms with Crippen LogP contribution in [0.15, 0.2) is 41.3 Å². The number of sulfonamides is 1. The van der Waals surface area contributed by atoms with Crippen LogP contribution in [0, 0.1) is 5.92 Å². The Morgan fingerprint density at radius 3 is 2.09 bits per heavy atom. The number of piperidine rings is 1. The number of benzene rings is 2. The zero-order chi connectivity index (χ0) is 23.7. The van der Waals surface area contributed by atoms with Crippen LogP contribution < -0.4 is 18.9 Å². The lowest BCUT2D eigenvalue weighted by Crippen LogP contribution is -2.43. The molecule has 2 aromatic rings. The summed E-state index contributed by atoms with van der Waals surface area (Å²) >= 11 is 0. The summed E-state index contributed by atoms with van der Waals surface area (Å²) in [6.07, 6.45) is 0.961. The minimum atomic E-state index is -3.68. The third-order valence-corrected chi connectivity index (χ3v) is 8.25. The number of carbonyl (C=O) groups excluding carboxylic acids is 1. The fourth-order valence-corrected chi connectivity index (χ4v) is 6.01. The number of ether oxygens (including phenoxy) is 4. The zero-order valence-electron chi connectivity index (χ0n) is 19.1. The maximum Gasteiger partial charge on any atom is 0.243 e. The number of hydrogen-bond donors (Lipinski definition) is 0. The van der Waals surface area contributed by atoms with E-state index >= 15 is 0 Å². The Morgan fingerprint density at radius 1 is 0.882 bits per heavy atom. The van der Waals surface area contributed by atoms with Crippen LogP contribution in [0.2, 0.25) is 0 Å². The van der Waals surface area contributed by atoms with Crippen LogP contribution in [0.25, 0.3) is 0 Å². The molecule has 1 fully saturated rings. The highest BCUT2D eigenvalue weighted by molar-refractivity contribution is 7.89. The zero-order valence-corrected chi connectivity index (χ0v) is 19.9. The lowest BCUT2D eigenvalue weighted by atomic mass is 9.96. The molecule has 0 saturated carbocycles. The first kappa shape index (κ1) is 22.8. The van der Waals surface area contributed by atoms with Gasteiger partial charge in [0.2, 0.25) is 15.9 Å². The molecule has 182 valence electrons. The van der Waals surface area contributed by atoms with E-state index in [1.54, 1.807) is 24.1 Å². The summed E-state index contributed by atoms with van der Waals surface area (Å²) < 4.78 is 49.9. The van der Waals surface area contributed by atoms with Crippen molar-refractivity contribution in [1.82, 2.24) is 9.21 Å². The summed E-state index contributed by atoms with van der Waals surface area (Å²) in [6, 6.07) is 10.4. The Hall–Kier alpha value is -2.98. The van der Waals surface area contributed by atoms with Gasteiger partial charge in [-0.1, -0.05) is 6.07 Å². The van der Waals surface area contributed by atoms with Crippen LogP contribution in [-0.4, -0.2) is 70.1 Å². The molecule has 1 saturated heterocycles. The predicted octanol–water partition coefficient (Wildman–Crippen LogP) is 2.29. The van der Waals surface area contributed by atoms with Crippen LogP contribution in [-0.2, 0) is 21.4 Å². The Bertz CT molecular complexity index is 1180. The van der Waals surface area contributed by atoms with Gasteiger partial charge in [0.1, 0.15) is 26.4 Å². The summed E-state index contributed by atoms with van der Waals surface area (Å²) in [6.45, 7) is 2.93. The van der Waals surface area contributed by atoms with Crippen molar-refractivity contribution in [2.45, 2.75) is 24.3 Å². The Balaban J connectivity index is 1.19. The van der Waals surface area contributed by atoms with Crippen molar-refractivity contribution in [3.63, 3.8) is 0 Å². The van der Waals surface area contributed by atoms with Crippen molar-refractivity contribution in [2.24, 2.45) is 5.92 Å². The van der Waals surface area contributed by atoms with Crippen molar-refractivity contribution in [2.75, 3.05) is 46.6 Å². The molecule has 0 radical (unpaired) electrons. The lowest BCUT2D eigenvalue weighted by Gasteiger charge is -2.32. The van der Waals surface area contributed by atoms with Gasteiger partial charge in [-0.05, 0) is 42.7 Å². The fraction of sp³-hybridized carbons (Fsp3) is 0.458. The highest BCUT2D eigenvalue weighted by atomic mass is 32.2. The first-order chi connectivity index (χ1) is 16.4. The molecule has 0 bridgehead atoms. The molecule has 5 rings (SSSR count). The second-order valence-corrected chi connectivity index (χ2v) is 10.6. The molecule has 3 heterocycles. The molecule has 3 aliphatic heterocycles. The summed E-state index contributed by atoms with van der Waals surface area (Å²) in [5.41, 5.74) is 0.957. The number of amides is 1. The minimum absolute atomic E-state index is 0.0197. The van der Waals surface area contributed by atoms with Gasteiger partial charge < -0.3 is 23.8 Å². The van der Waals surface area contributed by atoms with E-state index in [0.717, 1.165) is 11.3 Å². The van der Waals surface area contributed by atoms with Crippen molar-refractivity contribution in [3.05, 3.63) is 42.0 Å². The molecule has 0 spiro atoms. The van der Waals surface area contributed by atoms with Crippen LogP contribution >= 0.6 is 0 Å². The van der Waals surface area contributed by atoms with E-state index in [-0.39, 0.29) is 16.7 Å². The molecule has 2 aromatic carbocycles. The number of nitrogens with zero attached hydrogens (tertiary/aromatic N) is 2. The molecule has 34 heavy (non-hydrogen) atoms. The van der Waals surface area contributed by atoms with Crippen LogP contribution in [0.5, 0.6) is 23.0 Å². The van der Waals surface area contributed by atoms with Crippen molar-refractivity contribution < 1.29 is 32.2 Å². The van der Waals surface area contributed by atoms with E-state index in [1.807, 2.05) is 18.2 Å². The highest BCUT2D eigenvalue weighted by Crippen LogP contribution is 2.34. The topological polar surface area (TPSA) is 94.6 Å². The standard InChI is InChI=1S/C24H28N2O7S/c1-25(16-17-2-4-20-22(14-17)32-12-10-30-20)24(27)18-6-8-26(9-7-18)34(28,29)19-3-5-21-23(15-19)33-13-11-31-21/h2-5,14-15,18H,6-13,16H2,1H3. The maximum atomic E-state index is 13.2. The number of fused-ring (bicyclic) bond motifs is 2. The van der Waals surface area contributed by atoms with Crippen LogP contribution in [0.4, 0.5) is 0 Å². The van der Waals surface area contributed by atoms with Gasteiger partial charge in [0.15, 0.2) is 23.0 Å². The lowest BCUT2D eigenvalue weighted by molar-refractivity contribution is -0.135. The van der Waals surface area contributed by atoms with Gasteiger partial charge in [0.05, 0.1) is 4.90 Å². The molecule has 9 nitrogen and oxygen atoms in total. The van der Waals surface area contributed by atoms with Crippen molar-refractivity contribution >= 4 is 15.9 Å². The van der Waals surface area contributed by atoms with Gasteiger partial charge >= 0.3 is 0 Å². The Labute approximate surface area is 199 Å². The molecule has 0 N–H and O–H groups in total. The molecule has 0 atom stereocenters. The van der Waals surface area contributed by atoms with E-state index in [9.17, 15) is 13.2 Å². The number of rotatable bonds is 5. The van der Waals surface area contributed by atoms with E-state index < -0.39 is 10.0 Å². The summed E-state index contributed by atoms with van der Waals surface area (Å²) in [4.78, 5) is 14.9. The second-order valence-electron chi connectivity index (χ2n) is 8.66. The quantitative estimate of drug-likeness (QED) is 0.637. The molecule has 0 unspecified atom stereocenters. The highest BCUT2D eigenvalue weighted by Gasteiger charge is 2.34. The molecule has 3 aliphatic rings. The molecule has 1 amide bonds. The molecular formula is C24H28N2O7S. The number of carbonyl (C=O) groups is 1. The average Bonchev–Trinajstić information content (AvgIpc) is 2.88. The Morgan fingerprint density at radius 2 is 1.44 bits per heavy atom. The third-order valence-electron chi connectivity index (χ3n) is 6.36. The van der Waals surface area contributed by atoms with Crippen molar-refractivity contribution in [1.29, 1.82) is 0 Å². The van der Waals surface area contributed by atoms with Gasteiger partial charge in [-0.25, -0.2) is 8.42 Å². The van der Waals surface area contributed by atoms with E-state index in [4.69, 9.17) is 18.9 Å². The monoisotopic (exact) mass is 488 g/mol. The van der Waals surface area contributed by atoms with Crippen molar-refractivity contribution in [3.8, 4) is 23.0 Å². The molecular weight excluding hydrogens is 460 g/mol. The van der Waals surface area contributed by atoms with Gasteiger partial charge in [-0.3, -0.25) is 4.79 Å². The predicted molar refractivity (Wildman–Crippen MR) is 123 cm³/mol. The van der Waals surface area contributed by atoms with Gasteiger partial charge in [-0.2, -0.15) is 4.31 Å². The average molecular weight is 489 g/mol. The van der Waals surface area contributed by atoms with Gasteiger partial charge in [0.25, 0.3) is 0 Å². The smallest absolute Gasteiger partial charge is 0.243 e. The van der Waals surface area contributed by atoms with Crippen LogP contribution in [0.1, 0.15) is 18.4 Å². The minimum Gasteiger partial charge on any atom is -0.486 e. The maximum absolute atomic E-state index is 13.2. The van der Waals surface area contributed by atoms with Crippen LogP contribution in [0.3, 0.4) is 0 Å². The summed E-state index contributed by atoms with van der Waals surface area (Å²) in [5.74, 6) is 2.21. The summed E-state index contributed by atoms with van der Waals surface area (Å²) in [7, 11) is -1.90. The molecule has 0 aromatic heterocycles. The van der Waals surface area contributed by atoms with Gasteiger partial charge in [-0.15, -0.1) is 0 Å². The summed E-state index contributed by atoms with van der Waals surface area (Å²) in [5, 5.41) is 0. The third kappa shape index (κ3) is 4.52. The first-order valence-corrected chi connectivity index (χ1v) is 12.9. The first-order valence-electron chi connectivity index (χ1n) is 11.4. The fourth-order valence-electron chi connectivity index (χ4n) is 4.53. The normalized spacial score (nSPS) is 18.4. The van der Waals surface area contributed by atoms with E-state index in [1.165, 1.54) is 10.4 Å². The number of hydrogen-bond acceptors (Lipinski definition) is 7. The van der Waals surface area contributed by atoms with E-state index in [2.05, 4.69) is 0 Å². The Kier molecular flexibility index (Phi) is 6.26. The SMILES string of the molecule is CN(Cc1ccc2c(c1)OCCO2)C(=O)C1CCN(S(=O)(=O)c2ccc3c(c2)OCCO3)CC1. The van der Waals surface area contributed by atoms with Gasteiger partial charge in [0, 0.05) is 38.7 Å². The second kappa shape index (κ2) is 9.34. The molecule has 0 aliphatic carbocycles. The largest absolute Gasteiger partial charge is 0.486 e.